The Balaban J connectivity index is 1.94. The largest absolute Gasteiger partial charge is 0.427 e. The molecular formula is C12H11F3N2OS. The zero-order valence-electron chi connectivity index (χ0n) is 9.69. The lowest BCUT2D eigenvalue weighted by atomic mass is 10.1. The number of hydrogen-bond acceptors (Lipinski definition) is 4. The highest BCUT2D eigenvalue weighted by molar-refractivity contribution is 7.15. The maximum atomic E-state index is 12.4. The Kier molecular flexibility index (Phi) is 4.06. The predicted molar refractivity (Wildman–Crippen MR) is 67.0 cm³/mol. The second-order valence-corrected chi connectivity index (χ2v) is 4.87. The fourth-order valence-electron chi connectivity index (χ4n) is 1.46. The molecule has 0 saturated carbocycles. The van der Waals surface area contributed by atoms with E-state index in [1.807, 2.05) is 6.07 Å². The van der Waals surface area contributed by atoms with E-state index in [0.29, 0.717) is 16.9 Å². The summed E-state index contributed by atoms with van der Waals surface area (Å²) in [6.45, 7) is 0.106. The van der Waals surface area contributed by atoms with Crippen molar-refractivity contribution >= 4 is 16.5 Å². The number of aromatic nitrogens is 1. The third-order valence-electron chi connectivity index (χ3n) is 2.42. The van der Waals surface area contributed by atoms with Gasteiger partial charge in [0.25, 0.3) is 0 Å². The van der Waals surface area contributed by atoms with E-state index in [2.05, 4.69) is 10.3 Å². The van der Waals surface area contributed by atoms with Gasteiger partial charge < -0.3 is 10.4 Å². The number of hydrogen-bond donors (Lipinski definition) is 2. The van der Waals surface area contributed by atoms with E-state index < -0.39 is 17.2 Å². The summed E-state index contributed by atoms with van der Waals surface area (Å²) < 4.78 is 37.1. The molecule has 0 amide bonds. The average molecular weight is 288 g/mol. The Morgan fingerprint density at radius 3 is 2.53 bits per heavy atom. The van der Waals surface area contributed by atoms with Gasteiger partial charge in [-0.1, -0.05) is 41.7 Å². The van der Waals surface area contributed by atoms with Gasteiger partial charge in [-0.15, -0.1) is 0 Å². The first-order valence-electron chi connectivity index (χ1n) is 5.47. The van der Waals surface area contributed by atoms with Crippen molar-refractivity contribution in [1.29, 1.82) is 0 Å². The minimum Gasteiger partial charge on any atom is -0.387 e. The average Bonchev–Trinajstić information content (AvgIpc) is 2.86. The van der Waals surface area contributed by atoms with Crippen LogP contribution in [0.4, 0.5) is 18.3 Å². The number of nitrogens with one attached hydrogen (secondary N) is 1. The van der Waals surface area contributed by atoms with Crippen LogP contribution in [-0.2, 0) is 6.18 Å². The molecule has 1 aromatic heterocycles. The number of rotatable bonds is 4. The maximum absolute atomic E-state index is 12.4. The molecule has 1 atom stereocenters. The summed E-state index contributed by atoms with van der Waals surface area (Å²) >= 11 is 0.519. The third kappa shape index (κ3) is 3.68. The van der Waals surface area contributed by atoms with E-state index >= 15 is 0 Å². The Morgan fingerprint density at radius 2 is 1.95 bits per heavy atom. The van der Waals surface area contributed by atoms with Gasteiger partial charge in [-0.3, -0.25) is 0 Å². The number of anilines is 1. The molecule has 2 aromatic rings. The number of halogens is 3. The molecule has 2 rings (SSSR count). The molecule has 0 bridgehead atoms. The highest BCUT2D eigenvalue weighted by Crippen LogP contribution is 2.35. The fraction of sp³-hybridized carbons (Fsp3) is 0.250. The molecule has 0 aliphatic rings. The molecule has 0 spiro atoms. The minimum atomic E-state index is -4.38. The lowest BCUT2D eigenvalue weighted by molar-refractivity contribution is -0.134. The molecular weight excluding hydrogens is 277 g/mol. The summed E-state index contributed by atoms with van der Waals surface area (Å²) in [5.41, 5.74) is 0.697. The summed E-state index contributed by atoms with van der Waals surface area (Å²) in [4.78, 5) is 2.86. The van der Waals surface area contributed by atoms with Crippen molar-refractivity contribution in [3.63, 3.8) is 0 Å². The second kappa shape index (κ2) is 5.58. The molecule has 7 heteroatoms. The zero-order chi connectivity index (χ0) is 13.9. The van der Waals surface area contributed by atoms with Crippen LogP contribution in [0, 0.1) is 0 Å². The molecule has 0 aliphatic carbocycles. The van der Waals surface area contributed by atoms with E-state index in [1.54, 1.807) is 24.3 Å². The van der Waals surface area contributed by atoms with Gasteiger partial charge in [-0.2, -0.15) is 13.2 Å². The van der Waals surface area contributed by atoms with Crippen molar-refractivity contribution in [2.24, 2.45) is 0 Å². The van der Waals surface area contributed by atoms with E-state index in [4.69, 9.17) is 0 Å². The van der Waals surface area contributed by atoms with Crippen molar-refractivity contribution < 1.29 is 18.3 Å². The van der Waals surface area contributed by atoms with Crippen LogP contribution in [0.1, 0.15) is 16.5 Å². The monoisotopic (exact) mass is 288 g/mol. The van der Waals surface area contributed by atoms with E-state index in [0.717, 1.165) is 6.20 Å². The van der Waals surface area contributed by atoms with Crippen molar-refractivity contribution in [3.8, 4) is 0 Å². The van der Waals surface area contributed by atoms with Crippen LogP contribution in [0.3, 0.4) is 0 Å². The molecule has 0 aliphatic heterocycles. The van der Waals surface area contributed by atoms with Crippen LogP contribution in [0.2, 0.25) is 0 Å². The number of aliphatic hydroxyl groups is 1. The molecule has 1 heterocycles. The van der Waals surface area contributed by atoms with Gasteiger partial charge in [0, 0.05) is 6.54 Å². The summed E-state index contributed by atoms with van der Waals surface area (Å²) in [6, 6.07) is 8.87. The Labute approximate surface area is 111 Å². The number of thiazole rings is 1. The molecule has 3 nitrogen and oxygen atoms in total. The lowest BCUT2D eigenvalue weighted by Crippen LogP contribution is -2.11. The smallest absolute Gasteiger partial charge is 0.387 e. The topological polar surface area (TPSA) is 45.1 Å². The van der Waals surface area contributed by atoms with Gasteiger partial charge in [-0.05, 0) is 5.56 Å². The number of aliphatic hydroxyl groups excluding tert-OH is 1. The highest BCUT2D eigenvalue weighted by Gasteiger charge is 2.33. The zero-order valence-corrected chi connectivity index (χ0v) is 10.5. The van der Waals surface area contributed by atoms with Crippen LogP contribution < -0.4 is 5.32 Å². The molecule has 0 radical (unpaired) electrons. The lowest BCUT2D eigenvalue weighted by Gasteiger charge is -2.11. The molecule has 0 saturated heterocycles. The van der Waals surface area contributed by atoms with Gasteiger partial charge >= 0.3 is 6.18 Å². The van der Waals surface area contributed by atoms with Crippen molar-refractivity contribution in [1.82, 2.24) is 4.98 Å². The van der Waals surface area contributed by atoms with Gasteiger partial charge in [0.05, 0.1) is 12.3 Å². The molecule has 1 unspecified atom stereocenters. The molecule has 1 aromatic carbocycles. The Hall–Kier alpha value is -1.60. The molecule has 2 N–H and O–H groups in total. The van der Waals surface area contributed by atoms with E-state index in [1.165, 1.54) is 0 Å². The van der Waals surface area contributed by atoms with Gasteiger partial charge in [0.15, 0.2) is 5.13 Å². The highest BCUT2D eigenvalue weighted by atomic mass is 32.1. The van der Waals surface area contributed by atoms with Gasteiger partial charge in [-0.25, -0.2) is 4.98 Å². The van der Waals surface area contributed by atoms with Crippen LogP contribution in [0.25, 0.3) is 0 Å². The molecule has 102 valence electrons. The third-order valence-corrected chi connectivity index (χ3v) is 3.42. The maximum Gasteiger partial charge on any atom is 0.427 e. The molecule has 19 heavy (non-hydrogen) atoms. The first kappa shape index (κ1) is 13.8. The Bertz CT molecular complexity index is 527. The van der Waals surface area contributed by atoms with Crippen LogP contribution in [0.5, 0.6) is 0 Å². The first-order valence-corrected chi connectivity index (χ1v) is 6.28. The number of benzene rings is 1. The van der Waals surface area contributed by atoms with E-state index in [-0.39, 0.29) is 11.7 Å². The van der Waals surface area contributed by atoms with Crippen LogP contribution in [-0.4, -0.2) is 16.6 Å². The standard InChI is InChI=1S/C12H11F3N2OS/c13-12(14,15)10-7-17-11(19-10)16-6-9(18)8-4-2-1-3-5-8/h1-5,7,9,18H,6H2,(H,16,17). The molecule has 0 fully saturated rings. The summed E-state index contributed by atoms with van der Waals surface area (Å²) in [5.74, 6) is 0. The Morgan fingerprint density at radius 1 is 1.26 bits per heavy atom. The SMILES string of the molecule is OC(CNc1ncc(C(F)(F)F)s1)c1ccccc1. The summed E-state index contributed by atoms with van der Waals surface area (Å²) in [7, 11) is 0. The normalized spacial score (nSPS) is 13.3. The van der Waals surface area contributed by atoms with Crippen LogP contribution in [0.15, 0.2) is 36.5 Å². The van der Waals surface area contributed by atoms with Gasteiger partial charge in [0.1, 0.15) is 4.88 Å². The number of alkyl halides is 3. The summed E-state index contributed by atoms with van der Waals surface area (Å²) in [6.07, 6.45) is -4.39. The van der Waals surface area contributed by atoms with Crippen molar-refractivity contribution in [3.05, 3.63) is 47.0 Å². The minimum absolute atomic E-state index is 0.106. The number of nitrogens with zero attached hydrogens (tertiary/aromatic N) is 1. The summed E-state index contributed by atoms with van der Waals surface area (Å²) in [5, 5.41) is 12.7. The second-order valence-electron chi connectivity index (χ2n) is 3.83. The van der Waals surface area contributed by atoms with Gasteiger partial charge in [0.2, 0.25) is 0 Å². The van der Waals surface area contributed by atoms with Crippen molar-refractivity contribution in [2.45, 2.75) is 12.3 Å². The van der Waals surface area contributed by atoms with Crippen LogP contribution >= 0.6 is 11.3 Å². The van der Waals surface area contributed by atoms with E-state index in [9.17, 15) is 18.3 Å². The van der Waals surface area contributed by atoms with Crippen molar-refractivity contribution in [2.75, 3.05) is 11.9 Å². The predicted octanol–water partition coefficient (Wildman–Crippen LogP) is 3.31. The fourth-order valence-corrected chi connectivity index (χ4v) is 2.15. The first-order chi connectivity index (χ1) is 8.97. The quantitative estimate of drug-likeness (QED) is 0.907.